The Bertz CT molecular complexity index is 844. The SMILES string of the molecule is CS(=O)(=O)c1ccc(C(=C2CCOC2)c2cccc(Cl)c2)cc1. The summed E-state index contributed by atoms with van der Waals surface area (Å²) in [6.07, 6.45) is 2.08. The van der Waals surface area contributed by atoms with Crippen LogP contribution in [0.15, 0.2) is 59.0 Å². The molecule has 120 valence electrons. The molecule has 0 unspecified atom stereocenters. The van der Waals surface area contributed by atoms with Crippen molar-refractivity contribution >= 4 is 27.0 Å². The van der Waals surface area contributed by atoms with Gasteiger partial charge in [0.15, 0.2) is 9.84 Å². The zero-order chi connectivity index (χ0) is 16.4. The van der Waals surface area contributed by atoms with Crippen LogP contribution in [0.5, 0.6) is 0 Å². The first-order valence-corrected chi connectivity index (χ1v) is 9.58. The third-order valence-electron chi connectivity index (χ3n) is 3.86. The summed E-state index contributed by atoms with van der Waals surface area (Å²) in [4.78, 5) is 0.319. The van der Waals surface area contributed by atoms with E-state index in [1.165, 1.54) is 11.8 Å². The van der Waals surface area contributed by atoms with Gasteiger partial charge in [0.05, 0.1) is 18.1 Å². The fourth-order valence-corrected chi connectivity index (χ4v) is 3.57. The van der Waals surface area contributed by atoms with Gasteiger partial charge in [-0.15, -0.1) is 0 Å². The average Bonchev–Trinajstić information content (AvgIpc) is 3.01. The van der Waals surface area contributed by atoms with Gasteiger partial charge in [-0.2, -0.15) is 0 Å². The first-order valence-electron chi connectivity index (χ1n) is 7.31. The number of sulfone groups is 1. The highest BCUT2D eigenvalue weighted by Gasteiger charge is 2.17. The summed E-state index contributed by atoms with van der Waals surface area (Å²) < 4.78 is 28.8. The highest BCUT2D eigenvalue weighted by Crippen LogP contribution is 2.32. The molecule has 0 N–H and O–H groups in total. The Kier molecular flexibility index (Phi) is 4.57. The lowest BCUT2D eigenvalue weighted by Crippen LogP contribution is -1.99. The molecule has 1 heterocycles. The normalized spacial score (nSPS) is 17.3. The summed E-state index contributed by atoms with van der Waals surface area (Å²) in [7, 11) is -3.20. The molecule has 1 saturated heterocycles. The highest BCUT2D eigenvalue weighted by atomic mass is 35.5. The van der Waals surface area contributed by atoms with Gasteiger partial charge in [0.25, 0.3) is 0 Å². The second kappa shape index (κ2) is 6.48. The van der Waals surface area contributed by atoms with Gasteiger partial charge in [0.2, 0.25) is 0 Å². The van der Waals surface area contributed by atoms with E-state index in [-0.39, 0.29) is 0 Å². The number of hydrogen-bond acceptors (Lipinski definition) is 3. The molecule has 1 fully saturated rings. The predicted molar refractivity (Wildman–Crippen MR) is 92.5 cm³/mol. The summed E-state index contributed by atoms with van der Waals surface area (Å²) in [6.45, 7) is 1.30. The van der Waals surface area contributed by atoms with Gasteiger partial charge < -0.3 is 4.74 Å². The number of hydrogen-bond donors (Lipinski definition) is 0. The molecule has 0 saturated carbocycles. The van der Waals surface area contributed by atoms with Gasteiger partial charge in [0.1, 0.15) is 0 Å². The van der Waals surface area contributed by atoms with E-state index in [0.717, 1.165) is 23.1 Å². The molecule has 2 aromatic carbocycles. The molecule has 3 rings (SSSR count). The molecule has 23 heavy (non-hydrogen) atoms. The van der Waals surface area contributed by atoms with E-state index in [1.807, 2.05) is 36.4 Å². The molecule has 0 spiro atoms. The van der Waals surface area contributed by atoms with E-state index in [9.17, 15) is 8.42 Å². The molecule has 0 aromatic heterocycles. The first-order chi connectivity index (χ1) is 10.9. The molecule has 0 bridgehead atoms. The van der Waals surface area contributed by atoms with Crippen molar-refractivity contribution in [3.63, 3.8) is 0 Å². The Labute approximate surface area is 141 Å². The maximum atomic E-state index is 11.6. The monoisotopic (exact) mass is 348 g/mol. The minimum absolute atomic E-state index is 0.319. The predicted octanol–water partition coefficient (Wildman–Crippen LogP) is 3.97. The van der Waals surface area contributed by atoms with Gasteiger partial charge in [-0.3, -0.25) is 0 Å². The van der Waals surface area contributed by atoms with Crippen LogP contribution in [0.2, 0.25) is 5.02 Å². The van der Waals surface area contributed by atoms with Crippen molar-refractivity contribution < 1.29 is 13.2 Å². The van der Waals surface area contributed by atoms with E-state index >= 15 is 0 Å². The highest BCUT2D eigenvalue weighted by molar-refractivity contribution is 7.90. The van der Waals surface area contributed by atoms with Crippen molar-refractivity contribution in [2.75, 3.05) is 19.5 Å². The zero-order valence-corrected chi connectivity index (χ0v) is 14.3. The van der Waals surface area contributed by atoms with Crippen molar-refractivity contribution in [1.82, 2.24) is 0 Å². The van der Waals surface area contributed by atoms with Crippen LogP contribution in [-0.4, -0.2) is 27.9 Å². The second-order valence-corrected chi connectivity index (χ2v) is 8.04. The minimum Gasteiger partial charge on any atom is -0.377 e. The van der Waals surface area contributed by atoms with Gasteiger partial charge >= 0.3 is 0 Å². The maximum absolute atomic E-state index is 11.6. The smallest absolute Gasteiger partial charge is 0.175 e. The van der Waals surface area contributed by atoms with E-state index in [2.05, 4.69) is 0 Å². The lowest BCUT2D eigenvalue weighted by molar-refractivity contribution is 0.205. The number of halogens is 1. The van der Waals surface area contributed by atoms with E-state index in [1.54, 1.807) is 12.1 Å². The Balaban J connectivity index is 2.12. The summed E-state index contributed by atoms with van der Waals surface area (Å²) >= 11 is 6.13. The standard InChI is InChI=1S/C18H17ClO3S/c1-23(20,21)17-7-5-13(6-8-17)18(15-9-10-22-12-15)14-3-2-4-16(19)11-14/h2-8,11H,9-10,12H2,1H3. The summed E-state index contributed by atoms with van der Waals surface area (Å²) in [5.74, 6) is 0. The van der Waals surface area contributed by atoms with Crippen LogP contribution >= 0.6 is 11.6 Å². The van der Waals surface area contributed by atoms with Crippen molar-refractivity contribution in [3.8, 4) is 0 Å². The van der Waals surface area contributed by atoms with Crippen LogP contribution in [-0.2, 0) is 14.6 Å². The molecule has 0 amide bonds. The van der Waals surface area contributed by atoms with E-state index < -0.39 is 9.84 Å². The van der Waals surface area contributed by atoms with Gasteiger partial charge in [0, 0.05) is 11.3 Å². The van der Waals surface area contributed by atoms with Crippen molar-refractivity contribution in [2.45, 2.75) is 11.3 Å². The Morgan fingerprint density at radius 3 is 2.39 bits per heavy atom. The Hall–Kier alpha value is -1.62. The molecule has 1 aliphatic rings. The molecule has 5 heteroatoms. The third kappa shape index (κ3) is 3.66. The Morgan fingerprint density at radius 1 is 1.09 bits per heavy atom. The number of rotatable bonds is 3. The topological polar surface area (TPSA) is 43.4 Å². The van der Waals surface area contributed by atoms with Crippen molar-refractivity contribution in [3.05, 3.63) is 70.3 Å². The molecular weight excluding hydrogens is 332 g/mol. The van der Waals surface area contributed by atoms with Crippen LogP contribution in [0, 0.1) is 0 Å². The lowest BCUT2D eigenvalue weighted by Gasteiger charge is -2.13. The van der Waals surface area contributed by atoms with Crippen molar-refractivity contribution in [1.29, 1.82) is 0 Å². The van der Waals surface area contributed by atoms with Crippen LogP contribution < -0.4 is 0 Å². The fraction of sp³-hybridized carbons (Fsp3) is 0.222. The van der Waals surface area contributed by atoms with E-state index in [0.29, 0.717) is 23.1 Å². The lowest BCUT2D eigenvalue weighted by atomic mass is 9.92. The number of benzene rings is 2. The third-order valence-corrected chi connectivity index (χ3v) is 5.23. The molecule has 3 nitrogen and oxygen atoms in total. The van der Waals surface area contributed by atoms with Gasteiger partial charge in [-0.05, 0) is 53.0 Å². The summed E-state index contributed by atoms with van der Waals surface area (Å²) in [6, 6.07) is 14.7. The summed E-state index contributed by atoms with van der Waals surface area (Å²) in [5, 5.41) is 0.673. The van der Waals surface area contributed by atoms with Crippen LogP contribution in [0.1, 0.15) is 17.5 Å². The Morgan fingerprint density at radius 2 is 1.83 bits per heavy atom. The first kappa shape index (κ1) is 16.2. The summed E-state index contributed by atoms with van der Waals surface area (Å²) in [5.41, 5.74) is 4.27. The minimum atomic E-state index is -3.20. The van der Waals surface area contributed by atoms with Crippen LogP contribution in [0.4, 0.5) is 0 Å². The molecule has 0 radical (unpaired) electrons. The zero-order valence-electron chi connectivity index (χ0n) is 12.8. The largest absolute Gasteiger partial charge is 0.377 e. The average molecular weight is 349 g/mol. The molecule has 0 aliphatic carbocycles. The van der Waals surface area contributed by atoms with Crippen molar-refractivity contribution in [2.24, 2.45) is 0 Å². The molecular formula is C18H17ClO3S. The van der Waals surface area contributed by atoms with Gasteiger partial charge in [-0.1, -0.05) is 35.9 Å². The maximum Gasteiger partial charge on any atom is 0.175 e. The second-order valence-electron chi connectivity index (χ2n) is 5.59. The quantitative estimate of drug-likeness (QED) is 0.843. The molecule has 1 aliphatic heterocycles. The molecule has 0 atom stereocenters. The number of ether oxygens (including phenoxy) is 1. The van der Waals surface area contributed by atoms with Crippen LogP contribution in [0.3, 0.4) is 0 Å². The van der Waals surface area contributed by atoms with Gasteiger partial charge in [-0.25, -0.2) is 8.42 Å². The fourth-order valence-electron chi connectivity index (χ4n) is 2.75. The van der Waals surface area contributed by atoms with E-state index in [4.69, 9.17) is 16.3 Å². The molecule has 2 aromatic rings. The van der Waals surface area contributed by atoms with Crippen LogP contribution in [0.25, 0.3) is 5.57 Å².